The van der Waals surface area contributed by atoms with Crippen molar-refractivity contribution in [2.75, 3.05) is 5.32 Å². The van der Waals surface area contributed by atoms with E-state index in [0.29, 0.717) is 21.5 Å². The van der Waals surface area contributed by atoms with Gasteiger partial charge in [0.1, 0.15) is 11.4 Å². The van der Waals surface area contributed by atoms with Crippen molar-refractivity contribution in [3.8, 4) is 0 Å². The molecule has 2 heterocycles. The number of rotatable bonds is 7. The van der Waals surface area contributed by atoms with Crippen molar-refractivity contribution in [2.24, 2.45) is 5.92 Å². The third-order valence-electron chi connectivity index (χ3n) is 4.39. The quantitative estimate of drug-likeness (QED) is 0.459. The molecule has 8 nitrogen and oxygen atoms in total. The van der Waals surface area contributed by atoms with Gasteiger partial charge in [-0.1, -0.05) is 13.8 Å². The third kappa shape index (κ3) is 4.80. The van der Waals surface area contributed by atoms with Gasteiger partial charge in [0, 0.05) is 17.2 Å². The van der Waals surface area contributed by atoms with E-state index >= 15 is 0 Å². The smallest absolute Gasteiger partial charge is 0.326 e. The molecule has 3 aromatic rings. The summed E-state index contributed by atoms with van der Waals surface area (Å²) in [5.74, 6) is -1.38. The van der Waals surface area contributed by atoms with Crippen LogP contribution in [0.3, 0.4) is 0 Å². The standard InChI is InChI=1S/C21H21N3O5S/c1-12(2)19(27)23-15-6-4-14(5-7-15)18(26)13(3)29-17(25)10-24-11-22-20-16(21(24)28)8-9-30-20/h4-9,11-13H,10H2,1-3H3,(H,23,27). The van der Waals surface area contributed by atoms with E-state index in [9.17, 15) is 19.2 Å². The normalized spacial score (nSPS) is 12.0. The van der Waals surface area contributed by atoms with Crippen LogP contribution in [-0.2, 0) is 20.9 Å². The highest BCUT2D eigenvalue weighted by Gasteiger charge is 2.20. The van der Waals surface area contributed by atoms with Gasteiger partial charge in [-0.15, -0.1) is 11.3 Å². The van der Waals surface area contributed by atoms with Crippen LogP contribution in [0.5, 0.6) is 0 Å². The van der Waals surface area contributed by atoms with E-state index in [1.165, 1.54) is 24.6 Å². The van der Waals surface area contributed by atoms with Gasteiger partial charge in [-0.25, -0.2) is 4.98 Å². The van der Waals surface area contributed by atoms with Crippen LogP contribution in [0, 0.1) is 5.92 Å². The molecule has 30 heavy (non-hydrogen) atoms. The minimum absolute atomic E-state index is 0.123. The highest BCUT2D eigenvalue weighted by Crippen LogP contribution is 2.15. The largest absolute Gasteiger partial charge is 0.453 e. The Morgan fingerprint density at radius 1 is 1.13 bits per heavy atom. The molecule has 1 atom stereocenters. The molecule has 0 bridgehead atoms. The van der Waals surface area contributed by atoms with Crippen molar-refractivity contribution in [3.05, 3.63) is 58.0 Å². The Morgan fingerprint density at radius 2 is 1.83 bits per heavy atom. The number of hydrogen-bond donors (Lipinski definition) is 1. The zero-order chi connectivity index (χ0) is 21.8. The van der Waals surface area contributed by atoms with Gasteiger partial charge in [-0.3, -0.25) is 23.7 Å². The summed E-state index contributed by atoms with van der Waals surface area (Å²) < 4.78 is 6.36. The van der Waals surface area contributed by atoms with Crippen LogP contribution in [0.15, 0.2) is 46.8 Å². The first-order valence-electron chi connectivity index (χ1n) is 9.33. The van der Waals surface area contributed by atoms with Crippen molar-refractivity contribution in [3.63, 3.8) is 0 Å². The van der Waals surface area contributed by atoms with E-state index in [2.05, 4.69) is 10.3 Å². The summed E-state index contributed by atoms with van der Waals surface area (Å²) in [7, 11) is 0. The van der Waals surface area contributed by atoms with Gasteiger partial charge in [0.25, 0.3) is 5.56 Å². The first kappa shape index (κ1) is 21.4. The molecule has 0 fully saturated rings. The maximum absolute atomic E-state index is 12.5. The molecule has 0 saturated carbocycles. The first-order valence-corrected chi connectivity index (χ1v) is 10.2. The monoisotopic (exact) mass is 427 g/mol. The van der Waals surface area contributed by atoms with Crippen LogP contribution in [0.4, 0.5) is 5.69 Å². The number of ether oxygens (including phenoxy) is 1. The fourth-order valence-corrected chi connectivity index (χ4v) is 3.40. The summed E-state index contributed by atoms with van der Waals surface area (Å²) in [6, 6.07) is 7.99. The molecule has 0 aliphatic rings. The predicted octanol–water partition coefficient (Wildman–Crippen LogP) is 2.87. The SMILES string of the molecule is CC(C)C(=O)Nc1ccc(C(=O)C(C)OC(=O)Cn2cnc3sccc3c2=O)cc1. The number of Topliss-reactive ketones (excluding diaryl/α,β-unsaturated/α-hetero) is 1. The topological polar surface area (TPSA) is 107 Å². The van der Waals surface area contributed by atoms with E-state index in [1.54, 1.807) is 49.6 Å². The van der Waals surface area contributed by atoms with Gasteiger partial charge in [0.2, 0.25) is 11.7 Å². The number of aromatic nitrogens is 2. The number of nitrogens with zero attached hydrogens (tertiary/aromatic N) is 2. The number of thiophene rings is 1. The Bertz CT molecular complexity index is 1150. The highest BCUT2D eigenvalue weighted by molar-refractivity contribution is 7.16. The second-order valence-corrected chi connectivity index (χ2v) is 7.93. The lowest BCUT2D eigenvalue weighted by Crippen LogP contribution is -2.30. The van der Waals surface area contributed by atoms with E-state index in [0.717, 1.165) is 4.57 Å². The number of hydrogen-bond acceptors (Lipinski definition) is 7. The second-order valence-electron chi connectivity index (χ2n) is 7.03. The molecule has 156 valence electrons. The minimum Gasteiger partial charge on any atom is -0.453 e. The lowest BCUT2D eigenvalue weighted by atomic mass is 10.1. The number of amides is 1. The molecule has 0 saturated heterocycles. The maximum atomic E-state index is 12.5. The molecule has 9 heteroatoms. The van der Waals surface area contributed by atoms with Crippen LogP contribution >= 0.6 is 11.3 Å². The molecule has 1 aromatic carbocycles. The Hall–Kier alpha value is -3.33. The molecule has 0 spiro atoms. The van der Waals surface area contributed by atoms with Crippen molar-refractivity contribution < 1.29 is 19.1 Å². The zero-order valence-corrected chi connectivity index (χ0v) is 17.6. The van der Waals surface area contributed by atoms with Crippen molar-refractivity contribution in [2.45, 2.75) is 33.4 Å². The average molecular weight is 427 g/mol. The molecular formula is C21H21N3O5S. The van der Waals surface area contributed by atoms with Crippen LogP contribution in [0.25, 0.3) is 10.2 Å². The Labute approximate surface area is 176 Å². The molecule has 2 aromatic heterocycles. The summed E-state index contributed by atoms with van der Waals surface area (Å²) in [5, 5.41) is 4.93. The van der Waals surface area contributed by atoms with Crippen LogP contribution in [0.2, 0.25) is 0 Å². The van der Waals surface area contributed by atoms with Gasteiger partial charge in [0.15, 0.2) is 6.10 Å². The van der Waals surface area contributed by atoms with E-state index < -0.39 is 12.1 Å². The number of esters is 1. The minimum atomic E-state index is -1.03. The van der Waals surface area contributed by atoms with Crippen LogP contribution < -0.4 is 10.9 Å². The number of carbonyl (C=O) groups is 3. The zero-order valence-electron chi connectivity index (χ0n) is 16.7. The van der Waals surface area contributed by atoms with Crippen LogP contribution in [-0.4, -0.2) is 33.3 Å². The average Bonchev–Trinajstić information content (AvgIpc) is 3.19. The highest BCUT2D eigenvalue weighted by atomic mass is 32.1. The fraction of sp³-hybridized carbons (Fsp3) is 0.286. The van der Waals surface area contributed by atoms with Gasteiger partial charge in [0.05, 0.1) is 11.7 Å². The summed E-state index contributed by atoms with van der Waals surface area (Å²) in [4.78, 5) is 53.6. The number of nitrogens with one attached hydrogen (secondary N) is 1. The molecular weight excluding hydrogens is 406 g/mol. The lowest BCUT2D eigenvalue weighted by Gasteiger charge is -2.13. The number of benzene rings is 1. The molecule has 1 unspecified atom stereocenters. The molecule has 3 rings (SSSR count). The van der Waals surface area contributed by atoms with E-state index in [-0.39, 0.29) is 29.7 Å². The summed E-state index contributed by atoms with van der Waals surface area (Å²) in [6.07, 6.45) is 0.265. The first-order chi connectivity index (χ1) is 14.3. The van der Waals surface area contributed by atoms with Crippen molar-refractivity contribution in [1.82, 2.24) is 9.55 Å². The van der Waals surface area contributed by atoms with Crippen molar-refractivity contribution >= 4 is 44.9 Å². The second kappa shape index (κ2) is 9.00. The van der Waals surface area contributed by atoms with E-state index in [4.69, 9.17) is 4.74 Å². The molecule has 0 aliphatic carbocycles. The van der Waals surface area contributed by atoms with Crippen LogP contribution in [0.1, 0.15) is 31.1 Å². The predicted molar refractivity (Wildman–Crippen MR) is 114 cm³/mol. The van der Waals surface area contributed by atoms with Gasteiger partial charge < -0.3 is 10.1 Å². The Kier molecular flexibility index (Phi) is 6.41. The van der Waals surface area contributed by atoms with Gasteiger partial charge >= 0.3 is 5.97 Å². The number of fused-ring (bicyclic) bond motifs is 1. The third-order valence-corrected chi connectivity index (χ3v) is 5.21. The van der Waals surface area contributed by atoms with Gasteiger partial charge in [-0.2, -0.15) is 0 Å². The maximum Gasteiger partial charge on any atom is 0.326 e. The van der Waals surface area contributed by atoms with Crippen molar-refractivity contribution in [1.29, 1.82) is 0 Å². The number of anilines is 1. The molecule has 0 aliphatic heterocycles. The number of carbonyl (C=O) groups excluding carboxylic acids is 3. The Balaban J connectivity index is 1.61. The summed E-state index contributed by atoms with van der Waals surface area (Å²) in [5.41, 5.74) is 0.582. The lowest BCUT2D eigenvalue weighted by molar-refractivity contribution is -0.147. The molecule has 1 N–H and O–H groups in total. The molecule has 0 radical (unpaired) electrons. The van der Waals surface area contributed by atoms with E-state index in [1.807, 2.05) is 0 Å². The fourth-order valence-electron chi connectivity index (χ4n) is 2.67. The Morgan fingerprint density at radius 3 is 2.50 bits per heavy atom. The summed E-state index contributed by atoms with van der Waals surface area (Å²) in [6.45, 7) is 4.70. The van der Waals surface area contributed by atoms with Gasteiger partial charge in [-0.05, 0) is 42.6 Å². The number of ketones is 1. The summed E-state index contributed by atoms with van der Waals surface area (Å²) >= 11 is 1.34. The molecule has 1 amide bonds.